The van der Waals surface area contributed by atoms with Gasteiger partial charge in [-0.25, -0.2) is 4.98 Å². The van der Waals surface area contributed by atoms with Crippen molar-refractivity contribution in [2.45, 2.75) is 19.5 Å². The first-order chi connectivity index (χ1) is 11.6. The van der Waals surface area contributed by atoms with Crippen molar-refractivity contribution >= 4 is 27.5 Å². The van der Waals surface area contributed by atoms with Crippen molar-refractivity contribution < 1.29 is 4.79 Å². The van der Waals surface area contributed by atoms with Crippen LogP contribution in [0.3, 0.4) is 0 Å². The Morgan fingerprint density at radius 1 is 1.17 bits per heavy atom. The fraction of sp³-hybridized carbons (Fsp3) is 0.263. The number of likely N-dealkylation sites (N-methyl/N-ethyl adjacent to an activating group) is 1. The molecule has 0 unspecified atom stereocenters. The third-order valence-electron chi connectivity index (χ3n) is 4.00. The van der Waals surface area contributed by atoms with E-state index < -0.39 is 0 Å². The summed E-state index contributed by atoms with van der Waals surface area (Å²) in [6.07, 6.45) is 0. The smallest absolute Gasteiger partial charge is 0.236 e. The van der Waals surface area contributed by atoms with Crippen LogP contribution in [0.2, 0.25) is 0 Å². The van der Waals surface area contributed by atoms with Gasteiger partial charge in [0.15, 0.2) is 0 Å². The average molecular weight is 339 g/mol. The number of carbonyl (C=O) groups is 1. The molecular formula is C19H21N3OS. The van der Waals surface area contributed by atoms with Gasteiger partial charge < -0.3 is 10.2 Å². The Morgan fingerprint density at radius 2 is 1.88 bits per heavy atom. The molecule has 4 nitrogen and oxygen atoms in total. The van der Waals surface area contributed by atoms with E-state index in [2.05, 4.69) is 35.4 Å². The minimum absolute atomic E-state index is 0.0667. The van der Waals surface area contributed by atoms with Crippen molar-refractivity contribution in [3.05, 3.63) is 65.2 Å². The van der Waals surface area contributed by atoms with Gasteiger partial charge in [-0.15, -0.1) is 11.3 Å². The zero-order valence-corrected chi connectivity index (χ0v) is 14.7. The van der Waals surface area contributed by atoms with E-state index in [-0.39, 0.29) is 11.9 Å². The molecule has 0 bridgehead atoms. The topological polar surface area (TPSA) is 45.2 Å². The molecule has 0 aliphatic rings. The van der Waals surface area contributed by atoms with Gasteiger partial charge in [-0.1, -0.05) is 42.5 Å². The van der Waals surface area contributed by atoms with Crippen molar-refractivity contribution in [3.8, 4) is 0 Å². The number of fused-ring (bicyclic) bond motifs is 1. The minimum atomic E-state index is 0.0667. The molecule has 0 saturated carbocycles. The molecule has 0 aliphatic heterocycles. The highest BCUT2D eigenvalue weighted by atomic mass is 32.1. The maximum Gasteiger partial charge on any atom is 0.236 e. The second-order valence-electron chi connectivity index (χ2n) is 5.84. The summed E-state index contributed by atoms with van der Waals surface area (Å²) in [5, 5.41) is 4.24. The van der Waals surface area contributed by atoms with Gasteiger partial charge in [0.1, 0.15) is 5.01 Å². The SMILES string of the molecule is C[C@H](NCC(=O)N(C)Cc1nc2ccccc2s1)c1ccccc1. The van der Waals surface area contributed by atoms with Crippen LogP contribution in [0, 0.1) is 0 Å². The second-order valence-corrected chi connectivity index (χ2v) is 6.95. The Hall–Kier alpha value is -2.24. The van der Waals surface area contributed by atoms with Crippen LogP contribution in [-0.2, 0) is 11.3 Å². The average Bonchev–Trinajstić information content (AvgIpc) is 3.02. The number of carbonyl (C=O) groups excluding carboxylic acids is 1. The Bertz CT molecular complexity index is 783. The summed E-state index contributed by atoms with van der Waals surface area (Å²) in [6.45, 7) is 2.92. The summed E-state index contributed by atoms with van der Waals surface area (Å²) in [7, 11) is 1.82. The van der Waals surface area contributed by atoms with Gasteiger partial charge in [0.25, 0.3) is 0 Å². The molecule has 1 heterocycles. The quantitative estimate of drug-likeness (QED) is 0.746. The predicted octanol–water partition coefficient (Wildman–Crippen LogP) is 3.61. The number of hydrogen-bond donors (Lipinski definition) is 1. The van der Waals surface area contributed by atoms with Gasteiger partial charge in [0.2, 0.25) is 5.91 Å². The highest BCUT2D eigenvalue weighted by molar-refractivity contribution is 7.18. The fourth-order valence-corrected chi connectivity index (χ4v) is 3.53. The van der Waals surface area contributed by atoms with Crippen molar-refractivity contribution in [1.82, 2.24) is 15.2 Å². The lowest BCUT2D eigenvalue weighted by Crippen LogP contribution is -2.36. The summed E-state index contributed by atoms with van der Waals surface area (Å²) in [4.78, 5) is 18.6. The van der Waals surface area contributed by atoms with Crippen LogP contribution in [0.25, 0.3) is 10.2 Å². The first-order valence-electron chi connectivity index (χ1n) is 8.00. The van der Waals surface area contributed by atoms with Crippen LogP contribution in [0.1, 0.15) is 23.5 Å². The summed E-state index contributed by atoms with van der Waals surface area (Å²) < 4.78 is 1.16. The molecule has 3 aromatic rings. The van der Waals surface area contributed by atoms with Crippen molar-refractivity contribution in [2.75, 3.05) is 13.6 Å². The number of para-hydroxylation sites is 1. The Balaban J connectivity index is 1.54. The molecule has 1 amide bonds. The Morgan fingerprint density at radius 3 is 2.62 bits per heavy atom. The van der Waals surface area contributed by atoms with Crippen LogP contribution in [0.15, 0.2) is 54.6 Å². The standard InChI is InChI=1S/C19H21N3OS/c1-14(15-8-4-3-5-9-15)20-12-19(23)22(2)13-18-21-16-10-6-7-11-17(16)24-18/h3-11,14,20H,12-13H2,1-2H3/t14-/m0/s1. The van der Waals surface area contributed by atoms with Gasteiger partial charge >= 0.3 is 0 Å². The van der Waals surface area contributed by atoms with Crippen molar-refractivity contribution in [3.63, 3.8) is 0 Å². The zero-order chi connectivity index (χ0) is 16.9. The molecule has 124 valence electrons. The molecule has 1 N–H and O–H groups in total. The summed E-state index contributed by atoms with van der Waals surface area (Å²) in [5.41, 5.74) is 2.17. The summed E-state index contributed by atoms with van der Waals surface area (Å²) >= 11 is 1.64. The summed E-state index contributed by atoms with van der Waals surface area (Å²) in [6, 6.07) is 18.3. The molecule has 0 aliphatic carbocycles. The van der Waals surface area contributed by atoms with Crippen molar-refractivity contribution in [2.24, 2.45) is 0 Å². The molecule has 5 heteroatoms. The number of benzene rings is 2. The number of thiazole rings is 1. The number of nitrogens with zero attached hydrogens (tertiary/aromatic N) is 2. The number of hydrogen-bond acceptors (Lipinski definition) is 4. The van der Waals surface area contributed by atoms with Gasteiger partial charge in [-0.2, -0.15) is 0 Å². The lowest BCUT2D eigenvalue weighted by atomic mass is 10.1. The van der Waals surface area contributed by atoms with E-state index in [1.54, 1.807) is 16.2 Å². The fourth-order valence-electron chi connectivity index (χ4n) is 2.51. The van der Waals surface area contributed by atoms with Crippen LogP contribution >= 0.6 is 11.3 Å². The van der Waals surface area contributed by atoms with E-state index in [0.717, 1.165) is 15.2 Å². The molecule has 3 rings (SSSR count). The van der Waals surface area contributed by atoms with E-state index in [9.17, 15) is 4.79 Å². The Labute approximate surface area is 146 Å². The predicted molar refractivity (Wildman–Crippen MR) is 99.0 cm³/mol. The molecule has 1 aromatic heterocycles. The number of amides is 1. The number of rotatable bonds is 6. The molecule has 1 atom stereocenters. The van der Waals surface area contributed by atoms with Gasteiger partial charge in [0.05, 0.1) is 23.3 Å². The van der Waals surface area contributed by atoms with Crippen LogP contribution in [0.5, 0.6) is 0 Å². The van der Waals surface area contributed by atoms with Crippen molar-refractivity contribution in [1.29, 1.82) is 0 Å². The van der Waals surface area contributed by atoms with E-state index in [4.69, 9.17) is 0 Å². The normalized spacial score (nSPS) is 12.2. The maximum atomic E-state index is 12.3. The zero-order valence-electron chi connectivity index (χ0n) is 13.9. The molecule has 24 heavy (non-hydrogen) atoms. The van der Waals surface area contributed by atoms with E-state index >= 15 is 0 Å². The molecular weight excluding hydrogens is 318 g/mol. The highest BCUT2D eigenvalue weighted by Gasteiger charge is 2.13. The summed E-state index contributed by atoms with van der Waals surface area (Å²) in [5.74, 6) is 0.0667. The van der Waals surface area contributed by atoms with E-state index in [1.807, 2.05) is 43.4 Å². The first kappa shape index (κ1) is 16.6. The number of aromatic nitrogens is 1. The minimum Gasteiger partial charge on any atom is -0.338 e. The van der Waals surface area contributed by atoms with Crippen LogP contribution < -0.4 is 5.32 Å². The second kappa shape index (κ2) is 7.55. The van der Waals surface area contributed by atoms with Crippen LogP contribution in [-0.4, -0.2) is 29.4 Å². The third kappa shape index (κ3) is 3.99. The molecule has 0 spiro atoms. The number of nitrogens with one attached hydrogen (secondary N) is 1. The van der Waals surface area contributed by atoms with Crippen LogP contribution in [0.4, 0.5) is 0 Å². The lowest BCUT2D eigenvalue weighted by molar-refractivity contribution is -0.129. The molecule has 0 radical (unpaired) electrons. The highest BCUT2D eigenvalue weighted by Crippen LogP contribution is 2.22. The lowest BCUT2D eigenvalue weighted by Gasteiger charge is -2.19. The van der Waals surface area contributed by atoms with E-state index in [1.165, 1.54) is 5.56 Å². The van der Waals surface area contributed by atoms with E-state index in [0.29, 0.717) is 13.1 Å². The largest absolute Gasteiger partial charge is 0.338 e. The molecule has 0 saturated heterocycles. The first-order valence-corrected chi connectivity index (χ1v) is 8.82. The monoisotopic (exact) mass is 339 g/mol. The maximum absolute atomic E-state index is 12.3. The Kier molecular flexibility index (Phi) is 5.23. The van der Waals surface area contributed by atoms with Gasteiger partial charge in [-0.05, 0) is 24.6 Å². The third-order valence-corrected chi connectivity index (χ3v) is 5.02. The molecule has 2 aromatic carbocycles. The molecule has 0 fully saturated rings. The van der Waals surface area contributed by atoms with Gasteiger partial charge in [0, 0.05) is 13.1 Å². The van der Waals surface area contributed by atoms with Gasteiger partial charge in [-0.3, -0.25) is 4.79 Å².